The number of nitrogens with zero attached hydrogens (tertiary/aromatic N) is 2. The molecule has 0 fully saturated rings. The fourth-order valence-electron chi connectivity index (χ4n) is 3.52. The number of aromatic nitrogens is 2. The van der Waals surface area contributed by atoms with Crippen molar-refractivity contribution in [1.29, 1.82) is 0 Å². The number of carbonyl (C=O) groups is 1. The van der Waals surface area contributed by atoms with Gasteiger partial charge in [0.25, 0.3) is 5.91 Å². The number of nitrogens with one attached hydrogen (secondary N) is 1. The Morgan fingerprint density at radius 1 is 1.03 bits per heavy atom. The Labute approximate surface area is 176 Å². The first-order valence-corrected chi connectivity index (χ1v) is 9.76. The van der Waals surface area contributed by atoms with Crippen LogP contribution in [0.5, 0.6) is 5.75 Å². The zero-order valence-electron chi connectivity index (χ0n) is 17.0. The van der Waals surface area contributed by atoms with E-state index in [9.17, 15) is 4.79 Å². The molecule has 30 heavy (non-hydrogen) atoms. The van der Waals surface area contributed by atoms with Gasteiger partial charge in [0.05, 0.1) is 18.4 Å². The van der Waals surface area contributed by atoms with Crippen LogP contribution in [0.4, 0.5) is 0 Å². The molecule has 0 saturated heterocycles. The third-order valence-corrected chi connectivity index (χ3v) is 5.05. The second-order valence-electron chi connectivity index (χ2n) is 6.98. The minimum Gasteiger partial charge on any atom is -0.497 e. The van der Waals surface area contributed by atoms with Gasteiger partial charge in [0.15, 0.2) is 0 Å². The fraction of sp³-hybridized carbons (Fsp3) is 0.120. The standard InChI is InChI=1S/C25H23N3O2/c1-18-23(25(29)27-17-19-8-7-13-26-16-19)15-24(20-9-4-3-5-10-20)28(18)21-11-6-12-22(14-21)30-2/h3-16H,17H2,1-2H3,(H,27,29). The van der Waals surface area contributed by atoms with Crippen LogP contribution >= 0.6 is 0 Å². The highest BCUT2D eigenvalue weighted by Crippen LogP contribution is 2.30. The zero-order chi connectivity index (χ0) is 20.9. The molecule has 0 aliphatic rings. The van der Waals surface area contributed by atoms with Gasteiger partial charge in [0.1, 0.15) is 5.75 Å². The molecule has 1 N–H and O–H groups in total. The normalized spacial score (nSPS) is 10.6. The topological polar surface area (TPSA) is 56.1 Å². The summed E-state index contributed by atoms with van der Waals surface area (Å²) in [5.74, 6) is 0.650. The molecule has 4 aromatic rings. The summed E-state index contributed by atoms with van der Waals surface area (Å²) in [5.41, 5.74) is 5.39. The molecule has 2 aromatic heterocycles. The van der Waals surface area contributed by atoms with E-state index < -0.39 is 0 Å². The quantitative estimate of drug-likeness (QED) is 0.509. The third kappa shape index (κ3) is 3.96. The van der Waals surface area contributed by atoms with Gasteiger partial charge in [-0.2, -0.15) is 0 Å². The van der Waals surface area contributed by atoms with E-state index in [1.54, 1.807) is 19.5 Å². The maximum Gasteiger partial charge on any atom is 0.253 e. The number of hydrogen-bond donors (Lipinski definition) is 1. The van der Waals surface area contributed by atoms with Crippen molar-refractivity contribution < 1.29 is 9.53 Å². The number of ether oxygens (including phenoxy) is 1. The highest BCUT2D eigenvalue weighted by molar-refractivity contribution is 5.97. The van der Waals surface area contributed by atoms with Crippen molar-refractivity contribution in [2.24, 2.45) is 0 Å². The van der Waals surface area contributed by atoms with Crippen molar-refractivity contribution in [3.63, 3.8) is 0 Å². The summed E-state index contributed by atoms with van der Waals surface area (Å²) in [7, 11) is 1.65. The number of methoxy groups -OCH3 is 1. The van der Waals surface area contributed by atoms with Crippen LogP contribution in [-0.4, -0.2) is 22.6 Å². The molecular formula is C25H23N3O2. The Hall–Kier alpha value is -3.86. The Morgan fingerprint density at radius 2 is 1.87 bits per heavy atom. The summed E-state index contributed by atoms with van der Waals surface area (Å²) in [6, 6.07) is 23.7. The fourth-order valence-corrected chi connectivity index (χ4v) is 3.52. The molecule has 0 aliphatic carbocycles. The Balaban J connectivity index is 1.75. The van der Waals surface area contributed by atoms with Gasteiger partial charge in [0, 0.05) is 36.4 Å². The second kappa shape index (κ2) is 8.66. The summed E-state index contributed by atoms with van der Waals surface area (Å²) in [4.78, 5) is 17.1. The predicted octanol–water partition coefficient (Wildman–Crippen LogP) is 4.79. The van der Waals surface area contributed by atoms with Crippen molar-refractivity contribution in [2.75, 3.05) is 7.11 Å². The predicted molar refractivity (Wildman–Crippen MR) is 118 cm³/mol. The Kier molecular flexibility index (Phi) is 5.61. The smallest absolute Gasteiger partial charge is 0.253 e. The molecule has 0 spiro atoms. The van der Waals surface area contributed by atoms with E-state index in [1.165, 1.54) is 0 Å². The number of benzene rings is 2. The highest BCUT2D eigenvalue weighted by Gasteiger charge is 2.19. The molecular weight excluding hydrogens is 374 g/mol. The van der Waals surface area contributed by atoms with E-state index >= 15 is 0 Å². The van der Waals surface area contributed by atoms with E-state index in [4.69, 9.17) is 4.74 Å². The molecule has 0 bridgehead atoms. The van der Waals surface area contributed by atoms with Crippen LogP contribution in [-0.2, 0) is 6.54 Å². The lowest BCUT2D eigenvalue weighted by atomic mass is 10.1. The van der Waals surface area contributed by atoms with Gasteiger partial charge >= 0.3 is 0 Å². The molecule has 0 atom stereocenters. The van der Waals surface area contributed by atoms with Crippen LogP contribution in [0, 0.1) is 6.92 Å². The average molecular weight is 397 g/mol. The van der Waals surface area contributed by atoms with Crippen molar-refractivity contribution in [1.82, 2.24) is 14.9 Å². The summed E-state index contributed by atoms with van der Waals surface area (Å²) >= 11 is 0. The number of rotatable bonds is 6. The molecule has 0 unspecified atom stereocenters. The van der Waals surface area contributed by atoms with E-state index in [-0.39, 0.29) is 5.91 Å². The summed E-state index contributed by atoms with van der Waals surface area (Å²) in [6.07, 6.45) is 3.47. The van der Waals surface area contributed by atoms with Crippen molar-refractivity contribution in [3.8, 4) is 22.7 Å². The number of amides is 1. The minimum absolute atomic E-state index is 0.116. The summed E-state index contributed by atoms with van der Waals surface area (Å²) in [5, 5.41) is 3.01. The first kappa shape index (κ1) is 19.5. The third-order valence-electron chi connectivity index (χ3n) is 5.05. The molecule has 0 saturated carbocycles. The van der Waals surface area contributed by atoms with Gasteiger partial charge in [-0.25, -0.2) is 0 Å². The lowest BCUT2D eigenvalue weighted by Gasteiger charge is -2.13. The van der Waals surface area contributed by atoms with Gasteiger partial charge in [-0.3, -0.25) is 9.78 Å². The van der Waals surface area contributed by atoms with Gasteiger partial charge < -0.3 is 14.6 Å². The van der Waals surface area contributed by atoms with Crippen LogP contribution in [0.15, 0.2) is 85.2 Å². The molecule has 1 amide bonds. The highest BCUT2D eigenvalue weighted by atomic mass is 16.5. The average Bonchev–Trinajstić information content (AvgIpc) is 3.16. The molecule has 4 rings (SSSR count). The Morgan fingerprint density at radius 3 is 2.60 bits per heavy atom. The number of pyridine rings is 1. The largest absolute Gasteiger partial charge is 0.497 e. The van der Waals surface area contributed by atoms with Crippen LogP contribution in [0.2, 0.25) is 0 Å². The van der Waals surface area contributed by atoms with E-state index in [2.05, 4.69) is 14.9 Å². The summed E-state index contributed by atoms with van der Waals surface area (Å²) in [6.45, 7) is 2.39. The maximum absolute atomic E-state index is 13.0. The van der Waals surface area contributed by atoms with Gasteiger partial charge in [-0.15, -0.1) is 0 Å². The second-order valence-corrected chi connectivity index (χ2v) is 6.98. The van der Waals surface area contributed by atoms with Crippen LogP contribution in [0.25, 0.3) is 16.9 Å². The van der Waals surface area contributed by atoms with Gasteiger partial charge in [-0.05, 0) is 42.3 Å². The first-order chi connectivity index (χ1) is 14.7. The SMILES string of the molecule is COc1cccc(-n2c(-c3ccccc3)cc(C(=O)NCc3cccnc3)c2C)c1. The first-order valence-electron chi connectivity index (χ1n) is 9.76. The molecule has 2 aromatic carbocycles. The minimum atomic E-state index is -0.116. The molecule has 5 nitrogen and oxygen atoms in total. The van der Waals surface area contributed by atoms with Crippen LogP contribution < -0.4 is 10.1 Å². The van der Waals surface area contributed by atoms with Crippen LogP contribution in [0.1, 0.15) is 21.6 Å². The van der Waals surface area contributed by atoms with E-state index in [1.807, 2.05) is 79.7 Å². The lowest BCUT2D eigenvalue weighted by molar-refractivity contribution is 0.0950. The van der Waals surface area contributed by atoms with Crippen LogP contribution in [0.3, 0.4) is 0 Å². The van der Waals surface area contributed by atoms with Crippen molar-refractivity contribution >= 4 is 5.91 Å². The van der Waals surface area contributed by atoms with E-state index in [0.29, 0.717) is 12.1 Å². The maximum atomic E-state index is 13.0. The van der Waals surface area contributed by atoms with Gasteiger partial charge in [0.2, 0.25) is 0 Å². The number of carbonyl (C=O) groups excluding carboxylic acids is 1. The molecule has 150 valence electrons. The molecule has 2 heterocycles. The molecule has 0 aliphatic heterocycles. The zero-order valence-corrected chi connectivity index (χ0v) is 17.0. The number of hydrogen-bond acceptors (Lipinski definition) is 3. The molecule has 0 radical (unpaired) electrons. The Bertz CT molecular complexity index is 1150. The van der Waals surface area contributed by atoms with Crippen molar-refractivity contribution in [3.05, 3.63) is 102 Å². The van der Waals surface area contributed by atoms with E-state index in [0.717, 1.165) is 34.0 Å². The summed E-state index contributed by atoms with van der Waals surface area (Å²) < 4.78 is 7.50. The van der Waals surface area contributed by atoms with Gasteiger partial charge in [-0.1, -0.05) is 42.5 Å². The molecule has 5 heteroatoms. The lowest BCUT2D eigenvalue weighted by Crippen LogP contribution is -2.23. The monoisotopic (exact) mass is 397 g/mol. The van der Waals surface area contributed by atoms with Crippen molar-refractivity contribution in [2.45, 2.75) is 13.5 Å².